The summed E-state index contributed by atoms with van der Waals surface area (Å²) < 4.78 is 50.0. The van der Waals surface area contributed by atoms with Gasteiger partial charge >= 0.3 is 7.52 Å². The summed E-state index contributed by atoms with van der Waals surface area (Å²) >= 11 is 0. The number of anilines is 2. The first-order chi connectivity index (χ1) is 17.7. The van der Waals surface area contributed by atoms with Crippen LogP contribution in [0.4, 0.5) is 11.4 Å². The molecule has 12 heteroatoms. The van der Waals surface area contributed by atoms with Gasteiger partial charge < -0.3 is 14.7 Å². The normalized spacial score (nSPS) is 32.5. The number of sulfonamides is 1. The maximum absolute atomic E-state index is 14.3. The van der Waals surface area contributed by atoms with Crippen LogP contribution in [0.3, 0.4) is 0 Å². The molecule has 0 radical (unpaired) electrons. The molecular weight excluding hydrogens is 527 g/mol. The minimum Gasteiger partial charge on any atom is -0.342 e. The number of hydrogen-bond donors (Lipinski definition) is 2. The maximum atomic E-state index is 14.3. The SMILES string of the molecule is CCOP1(=O)N=C(C2C(=O)N(CCC(C)(C)C)C3(CC4CCC3C4)C2=O)Nc2ccc(NS(C)(=O)=O)cc21. The molecule has 5 atom stereocenters. The fourth-order valence-corrected chi connectivity index (χ4v) is 9.09. The number of amides is 1. The lowest BCUT2D eigenvalue weighted by molar-refractivity contribution is -0.136. The van der Waals surface area contributed by atoms with Gasteiger partial charge in [-0.05, 0) is 74.5 Å². The quantitative estimate of drug-likeness (QED) is 0.380. The molecule has 3 fully saturated rings. The monoisotopic (exact) mass is 564 g/mol. The molecule has 1 saturated heterocycles. The summed E-state index contributed by atoms with van der Waals surface area (Å²) in [5.74, 6) is -1.01. The van der Waals surface area contributed by atoms with Crippen LogP contribution in [0.5, 0.6) is 0 Å². The standard InChI is InChI=1S/C26H37N4O6PS/c1-6-36-37(33)20-14-18(29-38(5,34)35)9-10-19(20)27-23(28-37)21-22(31)26(15-16-7-8-17(26)13-16)30(24(21)32)12-11-25(2,3)4/h9-10,14,16-17,21,29H,6-8,11-13,15H2,1-5H3,(H,27,28,33). The number of carbonyl (C=O) groups excluding carboxylic acids is 2. The number of fused-ring (bicyclic) bond motifs is 4. The highest BCUT2D eigenvalue weighted by Crippen LogP contribution is 2.59. The second kappa shape index (κ2) is 9.17. The number of ketones is 1. The molecule has 208 valence electrons. The van der Waals surface area contributed by atoms with Crippen LogP contribution in [0.15, 0.2) is 23.0 Å². The van der Waals surface area contributed by atoms with Crippen molar-refractivity contribution in [2.75, 3.05) is 29.4 Å². The Bertz CT molecular complexity index is 1370. The molecule has 1 amide bonds. The third-order valence-corrected chi connectivity index (χ3v) is 10.9. The van der Waals surface area contributed by atoms with E-state index in [1.807, 2.05) is 4.90 Å². The van der Waals surface area contributed by atoms with Gasteiger partial charge in [-0.1, -0.05) is 20.8 Å². The van der Waals surface area contributed by atoms with Gasteiger partial charge in [-0.25, -0.2) is 8.42 Å². The zero-order chi connectivity index (χ0) is 27.7. The Kier molecular flexibility index (Phi) is 6.60. The van der Waals surface area contributed by atoms with E-state index in [1.165, 1.54) is 12.1 Å². The third kappa shape index (κ3) is 4.60. The van der Waals surface area contributed by atoms with Crippen LogP contribution in [0.25, 0.3) is 0 Å². The molecule has 2 aliphatic heterocycles. The molecule has 38 heavy (non-hydrogen) atoms. The number of hydrogen-bond acceptors (Lipinski definition) is 7. The van der Waals surface area contributed by atoms with Crippen molar-refractivity contribution in [1.29, 1.82) is 0 Å². The molecule has 1 spiro atoms. The summed E-state index contributed by atoms with van der Waals surface area (Å²) in [5, 5.41) is 3.29. The largest absolute Gasteiger partial charge is 0.348 e. The molecule has 1 aromatic carbocycles. The van der Waals surface area contributed by atoms with Crippen molar-refractivity contribution in [3.8, 4) is 0 Å². The first-order valence-electron chi connectivity index (χ1n) is 13.3. The zero-order valence-electron chi connectivity index (χ0n) is 22.6. The Morgan fingerprint density at radius 3 is 2.58 bits per heavy atom. The smallest absolute Gasteiger partial charge is 0.342 e. The predicted octanol–water partition coefficient (Wildman–Crippen LogP) is 3.76. The fourth-order valence-electron chi connectivity index (χ4n) is 6.69. The molecule has 2 aliphatic carbocycles. The van der Waals surface area contributed by atoms with E-state index in [9.17, 15) is 22.6 Å². The lowest BCUT2D eigenvalue weighted by Gasteiger charge is -2.41. The summed E-state index contributed by atoms with van der Waals surface area (Å²) in [6.07, 6.45) is 5.43. The molecule has 5 unspecified atom stereocenters. The Hall–Kier alpha value is -2.23. The van der Waals surface area contributed by atoms with Crippen molar-refractivity contribution in [1.82, 2.24) is 4.90 Å². The Morgan fingerprint density at radius 2 is 2.00 bits per heavy atom. The Labute approximate surface area is 224 Å². The summed E-state index contributed by atoms with van der Waals surface area (Å²) in [5.41, 5.74) is -0.253. The number of benzene rings is 1. The van der Waals surface area contributed by atoms with E-state index in [1.54, 1.807) is 13.0 Å². The minimum absolute atomic E-state index is 0.0118. The van der Waals surface area contributed by atoms with Crippen LogP contribution in [-0.4, -0.2) is 55.8 Å². The summed E-state index contributed by atoms with van der Waals surface area (Å²) in [6, 6.07) is 4.51. The van der Waals surface area contributed by atoms with Crippen LogP contribution in [0.1, 0.15) is 59.8 Å². The maximum Gasteiger partial charge on any atom is 0.348 e. The highest BCUT2D eigenvalue weighted by atomic mass is 32.2. The molecule has 4 aliphatic rings. The van der Waals surface area contributed by atoms with Gasteiger partial charge in [0.15, 0.2) is 11.7 Å². The number of rotatable bonds is 7. The van der Waals surface area contributed by atoms with E-state index in [0.29, 0.717) is 24.6 Å². The van der Waals surface area contributed by atoms with Crippen LogP contribution < -0.4 is 15.3 Å². The topological polar surface area (TPSA) is 134 Å². The van der Waals surface area contributed by atoms with Gasteiger partial charge in [0.05, 0.1) is 23.9 Å². The number of likely N-dealkylation sites (tertiary alicyclic amines) is 1. The van der Waals surface area contributed by atoms with Gasteiger partial charge in [0.2, 0.25) is 15.9 Å². The molecular formula is C26H37N4O6PS. The van der Waals surface area contributed by atoms with Crippen LogP contribution in [-0.2, 0) is 28.7 Å². The van der Waals surface area contributed by atoms with Gasteiger partial charge in [0.25, 0.3) is 0 Å². The summed E-state index contributed by atoms with van der Waals surface area (Å²) in [7, 11) is -7.47. The zero-order valence-corrected chi connectivity index (χ0v) is 24.3. The van der Waals surface area contributed by atoms with Gasteiger partial charge in [0, 0.05) is 12.2 Å². The van der Waals surface area contributed by atoms with Crippen molar-refractivity contribution < 1.29 is 27.1 Å². The van der Waals surface area contributed by atoms with E-state index >= 15 is 0 Å². The fraction of sp³-hybridized carbons (Fsp3) is 0.654. The molecule has 5 rings (SSSR count). The molecule has 2 saturated carbocycles. The number of nitrogens with one attached hydrogen (secondary N) is 2. The second-order valence-corrected chi connectivity index (χ2v) is 16.0. The van der Waals surface area contributed by atoms with E-state index in [4.69, 9.17) is 4.52 Å². The van der Waals surface area contributed by atoms with Crippen molar-refractivity contribution >= 4 is 51.7 Å². The van der Waals surface area contributed by atoms with Crippen molar-refractivity contribution in [2.24, 2.45) is 27.9 Å². The molecule has 2 bridgehead atoms. The van der Waals surface area contributed by atoms with Crippen LogP contribution in [0.2, 0.25) is 0 Å². The van der Waals surface area contributed by atoms with E-state index in [-0.39, 0.29) is 46.5 Å². The van der Waals surface area contributed by atoms with Gasteiger partial charge in [-0.2, -0.15) is 4.76 Å². The van der Waals surface area contributed by atoms with Crippen LogP contribution in [0, 0.1) is 23.2 Å². The van der Waals surface area contributed by atoms with Crippen molar-refractivity contribution in [2.45, 2.75) is 65.3 Å². The summed E-state index contributed by atoms with van der Waals surface area (Å²) in [6.45, 7) is 8.61. The van der Waals surface area contributed by atoms with Crippen molar-refractivity contribution in [3.05, 3.63) is 18.2 Å². The predicted molar refractivity (Wildman–Crippen MR) is 147 cm³/mol. The average molecular weight is 565 g/mol. The van der Waals surface area contributed by atoms with Gasteiger partial charge in [-0.15, -0.1) is 0 Å². The van der Waals surface area contributed by atoms with E-state index in [2.05, 4.69) is 35.6 Å². The Balaban J connectivity index is 1.55. The number of amidine groups is 1. The van der Waals surface area contributed by atoms with E-state index < -0.39 is 29.0 Å². The first kappa shape index (κ1) is 27.3. The third-order valence-electron chi connectivity index (χ3n) is 8.27. The average Bonchev–Trinajstić information content (AvgIpc) is 3.45. The van der Waals surface area contributed by atoms with Gasteiger partial charge in [0.1, 0.15) is 11.4 Å². The molecule has 0 aromatic heterocycles. The second-order valence-electron chi connectivity index (χ2n) is 12.3. The molecule has 2 N–H and O–H groups in total. The minimum atomic E-state index is -3.91. The van der Waals surface area contributed by atoms with Crippen LogP contribution >= 0.6 is 7.52 Å². The number of Topliss-reactive ketones (excluding diaryl/α,β-unsaturated/α-hetero) is 1. The molecule has 2 heterocycles. The number of nitrogens with zero attached hydrogens (tertiary/aromatic N) is 2. The van der Waals surface area contributed by atoms with Gasteiger partial charge in [-0.3, -0.25) is 18.9 Å². The summed E-state index contributed by atoms with van der Waals surface area (Å²) in [4.78, 5) is 30.1. The lowest BCUT2D eigenvalue weighted by Crippen LogP contribution is -2.54. The number of carbonyl (C=O) groups is 2. The lowest BCUT2D eigenvalue weighted by atomic mass is 9.76. The molecule has 10 nitrogen and oxygen atoms in total. The highest BCUT2D eigenvalue weighted by Gasteiger charge is 2.67. The highest BCUT2D eigenvalue weighted by molar-refractivity contribution is 7.92. The van der Waals surface area contributed by atoms with Crippen molar-refractivity contribution in [3.63, 3.8) is 0 Å². The molecule has 1 aromatic rings. The van der Waals surface area contributed by atoms with E-state index in [0.717, 1.165) is 31.9 Å². The first-order valence-corrected chi connectivity index (χ1v) is 16.7. The Morgan fingerprint density at radius 1 is 1.26 bits per heavy atom.